The highest BCUT2D eigenvalue weighted by atomic mass is 19.4. The molecule has 1 saturated heterocycles. The second-order valence-corrected chi connectivity index (χ2v) is 9.57. The van der Waals surface area contributed by atoms with Crippen LogP contribution in [0, 0.1) is 5.41 Å². The Labute approximate surface area is 194 Å². The largest absolute Gasteiger partial charge is 0.493 e. The summed E-state index contributed by atoms with van der Waals surface area (Å²) in [6.07, 6.45) is 3.61. The lowest BCUT2D eigenvalue weighted by Gasteiger charge is -2.31. The smallest absolute Gasteiger partial charge is 0.409 e. The molecule has 0 aliphatic carbocycles. The fourth-order valence-corrected chi connectivity index (χ4v) is 4.40. The normalized spacial score (nSPS) is 17.3. The van der Waals surface area contributed by atoms with Crippen LogP contribution in [0.3, 0.4) is 0 Å². The number of nitrogens with one attached hydrogen (secondary N) is 1. The van der Waals surface area contributed by atoms with Crippen LogP contribution in [0.5, 0.6) is 5.75 Å². The molecule has 0 bridgehead atoms. The van der Waals surface area contributed by atoms with Gasteiger partial charge in [-0.05, 0) is 37.3 Å². The molecule has 1 fully saturated rings. The average Bonchev–Trinajstić information content (AvgIpc) is 3.02. The van der Waals surface area contributed by atoms with Gasteiger partial charge in [-0.25, -0.2) is 5.01 Å². The van der Waals surface area contributed by atoms with Crippen molar-refractivity contribution in [3.05, 3.63) is 42.0 Å². The number of benzene rings is 2. The third-order valence-corrected chi connectivity index (χ3v) is 6.27. The molecule has 4 nitrogen and oxygen atoms in total. The van der Waals surface area contributed by atoms with Gasteiger partial charge in [0.25, 0.3) is 0 Å². The minimum atomic E-state index is -4.56. The van der Waals surface area contributed by atoms with E-state index in [0.717, 1.165) is 17.9 Å². The highest BCUT2D eigenvalue weighted by Gasteiger charge is 2.51. The van der Waals surface area contributed by atoms with Crippen LogP contribution in [0.4, 0.5) is 13.2 Å². The summed E-state index contributed by atoms with van der Waals surface area (Å²) in [4.78, 5) is 12.2. The van der Waals surface area contributed by atoms with Crippen molar-refractivity contribution in [2.75, 3.05) is 13.2 Å². The predicted octanol–water partition coefficient (Wildman–Crippen LogP) is 6.95. The van der Waals surface area contributed by atoms with Crippen LogP contribution in [0.25, 0.3) is 10.8 Å². The molecule has 1 heterocycles. The van der Waals surface area contributed by atoms with E-state index >= 15 is 0 Å². The van der Waals surface area contributed by atoms with E-state index in [1.807, 2.05) is 0 Å². The molecule has 1 N–H and O–H groups in total. The molecule has 3 rings (SSSR count). The van der Waals surface area contributed by atoms with Crippen molar-refractivity contribution >= 4 is 16.7 Å². The minimum Gasteiger partial charge on any atom is -0.493 e. The number of rotatable bonds is 11. The first kappa shape index (κ1) is 25.3. The molecule has 0 unspecified atom stereocenters. The zero-order valence-corrected chi connectivity index (χ0v) is 19.8. The van der Waals surface area contributed by atoms with E-state index < -0.39 is 23.5 Å². The number of alkyl halides is 3. The van der Waals surface area contributed by atoms with Crippen molar-refractivity contribution in [1.29, 1.82) is 0 Å². The topological polar surface area (TPSA) is 41.6 Å². The summed E-state index contributed by atoms with van der Waals surface area (Å²) in [5.74, 6) is 0.183. The summed E-state index contributed by atoms with van der Waals surface area (Å²) in [5.41, 5.74) is 1.66. The number of halogens is 3. The van der Waals surface area contributed by atoms with Crippen LogP contribution in [0.15, 0.2) is 36.4 Å². The molecule has 0 saturated carbocycles. The quantitative estimate of drug-likeness (QED) is 0.366. The van der Waals surface area contributed by atoms with Crippen LogP contribution in [0.1, 0.15) is 77.3 Å². The molecule has 2 aromatic carbocycles. The first-order valence-corrected chi connectivity index (χ1v) is 11.9. The number of amides is 1. The predicted molar refractivity (Wildman–Crippen MR) is 125 cm³/mol. The fraction of sp³-hybridized carbons (Fsp3) is 0.577. The van der Waals surface area contributed by atoms with Gasteiger partial charge >= 0.3 is 6.18 Å². The molecule has 1 amide bonds. The molecule has 0 aromatic heterocycles. The van der Waals surface area contributed by atoms with Crippen LogP contribution in [-0.2, 0) is 4.79 Å². The number of hydrogen-bond donors (Lipinski definition) is 1. The van der Waals surface area contributed by atoms with Crippen molar-refractivity contribution in [3.8, 4) is 5.75 Å². The molecule has 182 valence electrons. The molecule has 0 spiro atoms. The molecule has 1 aliphatic rings. The number of hydrazine groups is 1. The summed E-state index contributed by atoms with van der Waals surface area (Å²) in [6, 6.07) is 8.18. The summed E-state index contributed by atoms with van der Waals surface area (Å²) in [5, 5.41) is 2.15. The van der Waals surface area contributed by atoms with Gasteiger partial charge in [-0.1, -0.05) is 75.8 Å². The number of hydrogen-bond acceptors (Lipinski definition) is 3. The molecular weight excluding hydrogens is 429 g/mol. The van der Waals surface area contributed by atoms with Gasteiger partial charge < -0.3 is 4.74 Å². The van der Waals surface area contributed by atoms with E-state index in [1.54, 1.807) is 44.2 Å². The molecule has 1 aliphatic heterocycles. The van der Waals surface area contributed by atoms with E-state index in [0.29, 0.717) is 23.1 Å². The molecule has 1 atom stereocenters. The van der Waals surface area contributed by atoms with Crippen LogP contribution in [-0.4, -0.2) is 30.2 Å². The van der Waals surface area contributed by atoms with Crippen LogP contribution < -0.4 is 10.2 Å². The van der Waals surface area contributed by atoms with Crippen molar-refractivity contribution in [2.24, 2.45) is 5.41 Å². The van der Waals surface area contributed by atoms with Gasteiger partial charge in [0.05, 0.1) is 12.0 Å². The lowest BCUT2D eigenvalue weighted by Crippen LogP contribution is -2.43. The van der Waals surface area contributed by atoms with E-state index in [2.05, 4.69) is 12.3 Å². The molecule has 2 aromatic rings. The molecule has 7 heteroatoms. The first-order chi connectivity index (χ1) is 15.6. The summed E-state index contributed by atoms with van der Waals surface area (Å²) >= 11 is 0. The number of nitrogens with zero attached hydrogens (tertiary/aromatic N) is 1. The number of carbonyl (C=O) groups is 1. The van der Waals surface area contributed by atoms with E-state index in [9.17, 15) is 18.0 Å². The number of ether oxygens (including phenoxy) is 1. The zero-order valence-electron chi connectivity index (χ0n) is 19.8. The fourth-order valence-electron chi connectivity index (χ4n) is 4.40. The Morgan fingerprint density at radius 2 is 1.64 bits per heavy atom. The van der Waals surface area contributed by atoms with E-state index in [1.165, 1.54) is 38.2 Å². The van der Waals surface area contributed by atoms with Gasteiger partial charge in [0.2, 0.25) is 5.91 Å². The standard InChI is InChI=1S/C26H35F3N2O2/c1-4-5-6-7-8-9-12-17-33-22-16-15-21(19-13-10-11-14-20(19)22)23(26(27,28)29)31-18-25(2,3)24(32)30-31/h10-11,13-16,23H,4-9,12,17-18H2,1-3H3,(H,30,32)/t23-/m0/s1. The number of fused-ring (bicyclic) bond motifs is 1. The van der Waals surface area contributed by atoms with Crippen molar-refractivity contribution in [3.63, 3.8) is 0 Å². The second-order valence-electron chi connectivity index (χ2n) is 9.57. The Hall–Kier alpha value is -2.28. The lowest BCUT2D eigenvalue weighted by molar-refractivity contribution is -0.191. The Morgan fingerprint density at radius 3 is 2.24 bits per heavy atom. The Bertz CT molecular complexity index is 943. The van der Waals surface area contributed by atoms with Crippen LogP contribution >= 0.6 is 0 Å². The zero-order chi connectivity index (χ0) is 24.1. The molecular formula is C26H35F3N2O2. The van der Waals surface area contributed by atoms with E-state index in [-0.39, 0.29) is 12.1 Å². The monoisotopic (exact) mass is 464 g/mol. The third kappa shape index (κ3) is 6.19. The highest BCUT2D eigenvalue weighted by Crippen LogP contribution is 2.44. The van der Waals surface area contributed by atoms with Gasteiger partial charge in [-0.2, -0.15) is 13.2 Å². The lowest BCUT2D eigenvalue weighted by atomic mass is 9.93. The van der Waals surface area contributed by atoms with Crippen molar-refractivity contribution in [2.45, 2.75) is 77.9 Å². The van der Waals surface area contributed by atoms with Gasteiger partial charge in [0.1, 0.15) is 5.75 Å². The maximum absolute atomic E-state index is 14.2. The van der Waals surface area contributed by atoms with Crippen molar-refractivity contribution in [1.82, 2.24) is 10.4 Å². The number of unbranched alkanes of at least 4 members (excludes halogenated alkanes) is 6. The maximum atomic E-state index is 14.2. The van der Waals surface area contributed by atoms with Gasteiger partial charge in [-0.3, -0.25) is 10.2 Å². The first-order valence-electron chi connectivity index (χ1n) is 11.9. The Balaban J connectivity index is 1.78. The Morgan fingerprint density at radius 1 is 1.00 bits per heavy atom. The summed E-state index contributed by atoms with van der Waals surface area (Å²) in [6.45, 7) is 6.00. The summed E-state index contributed by atoms with van der Waals surface area (Å²) in [7, 11) is 0. The average molecular weight is 465 g/mol. The SMILES string of the molecule is CCCCCCCCCOc1ccc([C@H](N2CC(C)(C)C(=O)N2)C(F)(F)F)c2ccccc12. The van der Waals surface area contributed by atoms with Crippen molar-refractivity contribution < 1.29 is 22.7 Å². The van der Waals surface area contributed by atoms with E-state index in [4.69, 9.17) is 4.74 Å². The van der Waals surface area contributed by atoms with Gasteiger partial charge in [-0.15, -0.1) is 0 Å². The number of carbonyl (C=O) groups excluding carboxylic acids is 1. The molecule has 0 radical (unpaired) electrons. The van der Waals surface area contributed by atoms with Gasteiger partial charge in [0.15, 0.2) is 6.04 Å². The minimum absolute atomic E-state index is 0.0269. The highest BCUT2D eigenvalue weighted by molar-refractivity contribution is 5.91. The maximum Gasteiger partial charge on any atom is 0.409 e. The third-order valence-electron chi connectivity index (χ3n) is 6.27. The van der Waals surface area contributed by atoms with Crippen LogP contribution in [0.2, 0.25) is 0 Å². The second kappa shape index (κ2) is 10.8. The Kier molecular flexibility index (Phi) is 8.27. The van der Waals surface area contributed by atoms with Gasteiger partial charge in [0, 0.05) is 11.9 Å². The summed E-state index contributed by atoms with van der Waals surface area (Å²) < 4.78 is 48.7. The molecule has 33 heavy (non-hydrogen) atoms.